The normalized spacial score (nSPS) is 11.8. The van der Waals surface area contributed by atoms with Crippen molar-refractivity contribution in [3.63, 3.8) is 0 Å². The third-order valence-electron chi connectivity index (χ3n) is 6.29. The number of nitrogens with one attached hydrogen (secondary N) is 1. The average Bonchev–Trinajstić information content (AvgIpc) is 3.39. The van der Waals surface area contributed by atoms with Crippen LogP contribution in [0.5, 0.6) is 0 Å². The first-order chi connectivity index (χ1) is 15.9. The van der Waals surface area contributed by atoms with Gasteiger partial charge in [0.05, 0.1) is 17.2 Å². The maximum Gasteiger partial charge on any atom is 0.156 e. The maximum atomic E-state index is 4.56. The van der Waals surface area contributed by atoms with E-state index in [-0.39, 0.29) is 0 Å². The number of benzene rings is 4. The summed E-state index contributed by atoms with van der Waals surface area (Å²) in [6.07, 6.45) is 5.25. The Hall–Kier alpha value is -4.44. The summed E-state index contributed by atoms with van der Waals surface area (Å²) in [5, 5.41) is 4.93. The molecule has 0 aliphatic rings. The van der Waals surface area contributed by atoms with E-state index in [4.69, 9.17) is 0 Å². The number of hydrogen-bond acceptors (Lipinski definition) is 2. The van der Waals surface area contributed by atoms with Gasteiger partial charge in [-0.1, -0.05) is 48.5 Å². The molecule has 0 atom stereocenters. The molecule has 0 saturated carbocycles. The van der Waals surface area contributed by atoms with E-state index in [1.807, 2.05) is 6.20 Å². The Morgan fingerprint density at radius 1 is 0.594 bits per heavy atom. The fourth-order valence-electron chi connectivity index (χ4n) is 4.83. The maximum absolute atomic E-state index is 4.56. The molecule has 32 heavy (non-hydrogen) atoms. The van der Waals surface area contributed by atoms with Crippen molar-refractivity contribution >= 4 is 43.6 Å². The van der Waals surface area contributed by atoms with Gasteiger partial charge in [0.25, 0.3) is 0 Å². The largest absolute Gasteiger partial charge is 0.355 e. The van der Waals surface area contributed by atoms with Crippen LogP contribution >= 0.6 is 0 Å². The number of aromatic amines is 1. The zero-order chi connectivity index (χ0) is 21.1. The van der Waals surface area contributed by atoms with Gasteiger partial charge in [0.2, 0.25) is 0 Å². The molecule has 3 heterocycles. The first-order valence-electron chi connectivity index (χ1n) is 10.7. The predicted molar refractivity (Wildman–Crippen MR) is 131 cm³/mol. The third kappa shape index (κ3) is 2.44. The van der Waals surface area contributed by atoms with Gasteiger partial charge in [0.1, 0.15) is 0 Å². The Kier molecular flexibility index (Phi) is 3.52. The van der Waals surface area contributed by atoms with Gasteiger partial charge in [0, 0.05) is 45.0 Å². The Labute approximate surface area is 183 Å². The summed E-state index contributed by atoms with van der Waals surface area (Å²) in [7, 11) is 0. The van der Waals surface area contributed by atoms with E-state index in [1.165, 1.54) is 38.2 Å². The number of aromatic nitrogens is 4. The van der Waals surface area contributed by atoms with Gasteiger partial charge in [-0.3, -0.25) is 9.55 Å². The number of rotatable bonds is 2. The van der Waals surface area contributed by atoms with E-state index in [9.17, 15) is 0 Å². The molecule has 0 aliphatic carbocycles. The average molecular weight is 410 g/mol. The van der Waals surface area contributed by atoms with Crippen LogP contribution < -0.4 is 0 Å². The van der Waals surface area contributed by atoms with Crippen LogP contribution in [0.1, 0.15) is 0 Å². The van der Waals surface area contributed by atoms with Gasteiger partial charge in [-0.2, -0.15) is 0 Å². The van der Waals surface area contributed by atoms with Gasteiger partial charge in [-0.25, -0.2) is 4.98 Å². The lowest BCUT2D eigenvalue weighted by atomic mass is 10.0. The molecule has 0 radical (unpaired) electrons. The first-order valence-corrected chi connectivity index (χ1v) is 10.7. The second-order valence-corrected chi connectivity index (χ2v) is 8.08. The summed E-state index contributed by atoms with van der Waals surface area (Å²) in [5.74, 6) is 0.826. The Bertz CT molecular complexity index is 1770. The Morgan fingerprint density at radius 3 is 2.19 bits per heavy atom. The molecular weight excluding hydrogens is 392 g/mol. The van der Waals surface area contributed by atoms with Crippen molar-refractivity contribution in [3.05, 3.63) is 104 Å². The fraction of sp³-hybridized carbons (Fsp3) is 0. The van der Waals surface area contributed by atoms with Crippen molar-refractivity contribution in [2.45, 2.75) is 0 Å². The summed E-state index contributed by atoms with van der Waals surface area (Å²) in [6.45, 7) is 0. The molecule has 0 fully saturated rings. The van der Waals surface area contributed by atoms with E-state index >= 15 is 0 Å². The van der Waals surface area contributed by atoms with Crippen LogP contribution in [0.3, 0.4) is 0 Å². The van der Waals surface area contributed by atoms with E-state index < -0.39 is 0 Å². The zero-order valence-corrected chi connectivity index (χ0v) is 17.2. The molecule has 0 bridgehead atoms. The van der Waals surface area contributed by atoms with E-state index in [0.29, 0.717) is 0 Å². The van der Waals surface area contributed by atoms with Gasteiger partial charge in [-0.05, 0) is 47.5 Å². The molecule has 0 spiro atoms. The smallest absolute Gasteiger partial charge is 0.156 e. The summed E-state index contributed by atoms with van der Waals surface area (Å²) in [6, 6.07) is 30.3. The molecule has 7 aromatic rings. The van der Waals surface area contributed by atoms with Crippen molar-refractivity contribution in [2.75, 3.05) is 0 Å². The summed E-state index contributed by atoms with van der Waals surface area (Å²) in [4.78, 5) is 12.4. The van der Waals surface area contributed by atoms with E-state index in [0.717, 1.165) is 22.4 Å². The topological polar surface area (TPSA) is 46.5 Å². The minimum absolute atomic E-state index is 0.826. The summed E-state index contributed by atoms with van der Waals surface area (Å²) < 4.78 is 2.18. The SMILES string of the molecule is c1ccc2c(c1)[nH]c1ccc(-c3ccc4c(c3)c3ccccc3n4-c3cnccn3)cc12. The highest BCUT2D eigenvalue weighted by atomic mass is 15.1. The molecule has 7 rings (SSSR count). The second kappa shape index (κ2) is 6.53. The number of para-hydroxylation sites is 2. The third-order valence-corrected chi connectivity index (χ3v) is 6.29. The lowest BCUT2D eigenvalue weighted by Gasteiger charge is -2.07. The van der Waals surface area contributed by atoms with Crippen molar-refractivity contribution in [1.82, 2.24) is 19.5 Å². The standard InChI is InChI=1S/C28H18N4/c1-3-7-24-20(5-1)22-15-18(9-11-25(22)31-24)19-10-12-27-23(16-19)21-6-2-4-8-26(21)32(27)28-17-29-13-14-30-28/h1-17,31H. The molecule has 4 aromatic carbocycles. The highest BCUT2D eigenvalue weighted by Gasteiger charge is 2.14. The molecular formula is C28H18N4. The number of H-pyrrole nitrogens is 1. The van der Waals surface area contributed by atoms with E-state index in [2.05, 4.69) is 104 Å². The monoisotopic (exact) mass is 410 g/mol. The molecule has 1 N–H and O–H groups in total. The molecule has 3 aromatic heterocycles. The quantitative estimate of drug-likeness (QED) is 0.338. The van der Waals surface area contributed by atoms with Crippen LogP contribution in [-0.2, 0) is 0 Å². The number of fused-ring (bicyclic) bond motifs is 6. The summed E-state index contributed by atoms with van der Waals surface area (Å²) in [5.41, 5.74) is 7.00. The molecule has 0 saturated heterocycles. The number of hydrogen-bond donors (Lipinski definition) is 1. The molecule has 150 valence electrons. The van der Waals surface area contributed by atoms with Crippen molar-refractivity contribution in [3.8, 4) is 16.9 Å². The van der Waals surface area contributed by atoms with Gasteiger partial charge >= 0.3 is 0 Å². The van der Waals surface area contributed by atoms with Crippen LogP contribution in [0, 0.1) is 0 Å². The molecule has 0 amide bonds. The molecule has 4 heteroatoms. The van der Waals surface area contributed by atoms with Crippen molar-refractivity contribution in [1.29, 1.82) is 0 Å². The van der Waals surface area contributed by atoms with Gasteiger partial charge < -0.3 is 4.98 Å². The lowest BCUT2D eigenvalue weighted by molar-refractivity contribution is 1.04. The van der Waals surface area contributed by atoms with Crippen LogP contribution in [0.4, 0.5) is 0 Å². The number of nitrogens with zero attached hydrogens (tertiary/aromatic N) is 3. The van der Waals surface area contributed by atoms with Crippen molar-refractivity contribution in [2.24, 2.45) is 0 Å². The highest BCUT2D eigenvalue weighted by molar-refractivity contribution is 6.11. The minimum Gasteiger partial charge on any atom is -0.355 e. The van der Waals surface area contributed by atoms with Gasteiger partial charge in [0.15, 0.2) is 5.82 Å². The zero-order valence-electron chi connectivity index (χ0n) is 17.2. The summed E-state index contributed by atoms with van der Waals surface area (Å²) >= 11 is 0. The first kappa shape index (κ1) is 17.3. The second-order valence-electron chi connectivity index (χ2n) is 8.08. The lowest BCUT2D eigenvalue weighted by Crippen LogP contribution is -1.97. The van der Waals surface area contributed by atoms with Gasteiger partial charge in [-0.15, -0.1) is 0 Å². The molecule has 0 unspecified atom stereocenters. The van der Waals surface area contributed by atoms with Crippen LogP contribution in [-0.4, -0.2) is 19.5 Å². The van der Waals surface area contributed by atoms with Crippen LogP contribution in [0.15, 0.2) is 104 Å². The predicted octanol–water partition coefficient (Wildman–Crippen LogP) is 6.88. The van der Waals surface area contributed by atoms with E-state index in [1.54, 1.807) is 12.4 Å². The van der Waals surface area contributed by atoms with Crippen LogP contribution in [0.25, 0.3) is 60.6 Å². The fourth-order valence-corrected chi connectivity index (χ4v) is 4.83. The molecule has 0 aliphatic heterocycles. The Balaban J connectivity index is 1.49. The van der Waals surface area contributed by atoms with Crippen molar-refractivity contribution < 1.29 is 0 Å². The van der Waals surface area contributed by atoms with Crippen LogP contribution in [0.2, 0.25) is 0 Å². The Morgan fingerprint density at radius 2 is 1.31 bits per heavy atom. The molecule has 4 nitrogen and oxygen atoms in total. The highest BCUT2D eigenvalue weighted by Crippen LogP contribution is 2.35. The minimum atomic E-state index is 0.826.